The standard InChI is InChI=1S/C13H15NO5S/c1-8-2-3-12-10(4-8)11-5-9(15)6-14(11)13(16)19-7-20(12,17)18/h2-4,9,11,15H,5-7H2,1H3/t9-,11-/m1/s1. The fourth-order valence-corrected chi connectivity index (χ4v) is 4.01. The largest absolute Gasteiger partial charge is 0.433 e. The first-order valence-electron chi connectivity index (χ1n) is 6.33. The molecule has 0 aliphatic carbocycles. The molecule has 20 heavy (non-hydrogen) atoms. The summed E-state index contributed by atoms with van der Waals surface area (Å²) < 4.78 is 29.3. The van der Waals surface area contributed by atoms with Crippen molar-refractivity contribution in [2.45, 2.75) is 30.4 Å². The fraction of sp³-hybridized carbons (Fsp3) is 0.462. The summed E-state index contributed by atoms with van der Waals surface area (Å²) in [7, 11) is -3.66. The van der Waals surface area contributed by atoms with Crippen LogP contribution in [0.25, 0.3) is 0 Å². The number of aliphatic hydroxyl groups is 1. The molecule has 7 heteroatoms. The summed E-state index contributed by atoms with van der Waals surface area (Å²) in [5.41, 5.74) is 1.48. The van der Waals surface area contributed by atoms with Gasteiger partial charge in [0.15, 0.2) is 5.94 Å². The molecule has 0 unspecified atom stereocenters. The lowest BCUT2D eigenvalue weighted by atomic mass is 10.0. The lowest BCUT2D eigenvalue weighted by Gasteiger charge is -2.28. The highest BCUT2D eigenvalue weighted by Gasteiger charge is 2.41. The van der Waals surface area contributed by atoms with Crippen LogP contribution >= 0.6 is 0 Å². The summed E-state index contributed by atoms with van der Waals surface area (Å²) in [6, 6.07) is 4.57. The Bertz CT molecular complexity index is 669. The Morgan fingerprint density at radius 3 is 2.90 bits per heavy atom. The number of benzene rings is 1. The van der Waals surface area contributed by atoms with E-state index in [1.807, 2.05) is 6.92 Å². The smallest absolute Gasteiger partial charge is 0.411 e. The molecule has 6 nitrogen and oxygen atoms in total. The quantitative estimate of drug-likeness (QED) is 0.772. The Labute approximate surface area is 116 Å². The van der Waals surface area contributed by atoms with Gasteiger partial charge in [0.05, 0.1) is 23.6 Å². The van der Waals surface area contributed by atoms with E-state index < -0.39 is 34.0 Å². The average molecular weight is 297 g/mol. The number of sulfone groups is 1. The van der Waals surface area contributed by atoms with Crippen LogP contribution in [0.1, 0.15) is 23.6 Å². The number of carbonyl (C=O) groups excluding carboxylic acids is 1. The van der Waals surface area contributed by atoms with Crippen molar-refractivity contribution in [3.8, 4) is 0 Å². The van der Waals surface area contributed by atoms with Crippen LogP contribution < -0.4 is 0 Å². The predicted octanol–water partition coefficient (Wildman–Crippen LogP) is 0.984. The van der Waals surface area contributed by atoms with Crippen LogP contribution in [0.4, 0.5) is 4.79 Å². The van der Waals surface area contributed by atoms with Crippen molar-refractivity contribution in [3.63, 3.8) is 0 Å². The average Bonchev–Trinajstić information content (AvgIpc) is 2.77. The Balaban J connectivity index is 2.21. The first-order chi connectivity index (χ1) is 9.38. The summed E-state index contributed by atoms with van der Waals surface area (Å²) in [5, 5.41) is 9.79. The number of cyclic esters (lactones) is 1. The van der Waals surface area contributed by atoms with Gasteiger partial charge in [-0.25, -0.2) is 13.2 Å². The van der Waals surface area contributed by atoms with Gasteiger partial charge >= 0.3 is 6.09 Å². The Morgan fingerprint density at radius 2 is 2.15 bits per heavy atom. The van der Waals surface area contributed by atoms with E-state index in [1.165, 1.54) is 4.90 Å². The number of nitrogens with zero attached hydrogens (tertiary/aromatic N) is 1. The molecule has 3 rings (SSSR count). The van der Waals surface area contributed by atoms with Crippen LogP contribution in [0.5, 0.6) is 0 Å². The number of rotatable bonds is 0. The molecule has 0 spiro atoms. The van der Waals surface area contributed by atoms with Crippen molar-refractivity contribution in [1.29, 1.82) is 0 Å². The van der Waals surface area contributed by atoms with Gasteiger partial charge in [0.1, 0.15) is 0 Å². The maximum atomic E-state index is 12.2. The summed E-state index contributed by atoms with van der Waals surface area (Å²) in [4.78, 5) is 13.5. The van der Waals surface area contributed by atoms with Crippen molar-refractivity contribution >= 4 is 15.9 Å². The van der Waals surface area contributed by atoms with E-state index in [2.05, 4.69) is 0 Å². The maximum absolute atomic E-state index is 12.2. The van der Waals surface area contributed by atoms with Crippen LogP contribution in [0.2, 0.25) is 0 Å². The molecule has 0 saturated carbocycles. The van der Waals surface area contributed by atoms with E-state index in [9.17, 15) is 18.3 Å². The molecule has 2 aliphatic rings. The number of carbonyl (C=O) groups is 1. The molecule has 0 bridgehead atoms. The third-order valence-corrected chi connectivity index (χ3v) is 5.18. The van der Waals surface area contributed by atoms with E-state index in [4.69, 9.17) is 4.74 Å². The second kappa shape index (κ2) is 4.46. The lowest BCUT2D eigenvalue weighted by molar-refractivity contribution is 0.105. The molecule has 1 aromatic rings. The summed E-state index contributed by atoms with van der Waals surface area (Å²) in [6.45, 7) is 2.02. The number of aliphatic hydroxyl groups excluding tert-OH is 1. The summed E-state index contributed by atoms with van der Waals surface area (Å²) in [6.07, 6.45) is -1.04. The Morgan fingerprint density at radius 1 is 1.40 bits per heavy atom. The Kier molecular flexibility index (Phi) is 2.98. The molecule has 0 aromatic heterocycles. The van der Waals surface area contributed by atoms with Gasteiger partial charge in [0.2, 0.25) is 9.84 Å². The molecule has 1 fully saturated rings. The minimum Gasteiger partial charge on any atom is -0.433 e. The number of hydrogen-bond donors (Lipinski definition) is 1. The molecule has 108 valence electrons. The van der Waals surface area contributed by atoms with Gasteiger partial charge in [0, 0.05) is 0 Å². The maximum Gasteiger partial charge on any atom is 0.411 e. The van der Waals surface area contributed by atoms with Gasteiger partial charge < -0.3 is 9.84 Å². The van der Waals surface area contributed by atoms with E-state index in [1.54, 1.807) is 18.2 Å². The third-order valence-electron chi connectivity index (χ3n) is 3.71. The SMILES string of the molecule is Cc1ccc2c(c1)[C@H]1C[C@@H](O)CN1C(=O)OCS2(=O)=O. The second-order valence-corrected chi connectivity index (χ2v) is 7.15. The lowest BCUT2D eigenvalue weighted by Crippen LogP contribution is -2.36. The molecule has 1 aromatic carbocycles. The molecular formula is C13H15NO5S. The minimum atomic E-state index is -3.66. The normalized spacial score (nSPS) is 28.1. The number of fused-ring (bicyclic) bond motifs is 3. The molecule has 2 atom stereocenters. The zero-order valence-electron chi connectivity index (χ0n) is 10.9. The van der Waals surface area contributed by atoms with Crippen LogP contribution in [0.15, 0.2) is 23.1 Å². The van der Waals surface area contributed by atoms with Gasteiger partial charge in [0.25, 0.3) is 0 Å². The molecule has 2 aliphatic heterocycles. The van der Waals surface area contributed by atoms with Crippen molar-refractivity contribution in [2.75, 3.05) is 12.5 Å². The van der Waals surface area contributed by atoms with E-state index in [0.717, 1.165) is 5.56 Å². The van der Waals surface area contributed by atoms with Gasteiger partial charge in [-0.15, -0.1) is 0 Å². The van der Waals surface area contributed by atoms with Crippen molar-refractivity contribution < 1.29 is 23.1 Å². The topological polar surface area (TPSA) is 83.9 Å². The molecule has 1 N–H and O–H groups in total. The number of hydrogen-bond acceptors (Lipinski definition) is 5. The first-order valence-corrected chi connectivity index (χ1v) is 7.98. The van der Waals surface area contributed by atoms with Gasteiger partial charge in [-0.05, 0) is 25.0 Å². The highest BCUT2D eigenvalue weighted by molar-refractivity contribution is 7.91. The highest BCUT2D eigenvalue weighted by Crippen LogP contribution is 2.38. The van der Waals surface area contributed by atoms with Crippen molar-refractivity contribution in [3.05, 3.63) is 29.3 Å². The van der Waals surface area contributed by atoms with E-state index >= 15 is 0 Å². The minimum absolute atomic E-state index is 0.164. The Hall–Kier alpha value is -1.60. The summed E-state index contributed by atoms with van der Waals surface area (Å²) in [5.74, 6) is -0.665. The van der Waals surface area contributed by atoms with Crippen LogP contribution in [0, 0.1) is 6.92 Å². The first kappa shape index (κ1) is 13.4. The molecule has 1 saturated heterocycles. The zero-order valence-corrected chi connectivity index (χ0v) is 11.8. The van der Waals surface area contributed by atoms with E-state index in [0.29, 0.717) is 12.0 Å². The highest BCUT2D eigenvalue weighted by atomic mass is 32.2. The van der Waals surface area contributed by atoms with Crippen LogP contribution in [-0.4, -0.2) is 43.1 Å². The van der Waals surface area contributed by atoms with E-state index in [-0.39, 0.29) is 11.4 Å². The zero-order chi connectivity index (χ0) is 14.5. The molecule has 1 amide bonds. The van der Waals surface area contributed by atoms with Crippen molar-refractivity contribution in [2.24, 2.45) is 0 Å². The molecule has 2 heterocycles. The number of amides is 1. The molecular weight excluding hydrogens is 282 g/mol. The van der Waals surface area contributed by atoms with Crippen LogP contribution in [-0.2, 0) is 14.6 Å². The van der Waals surface area contributed by atoms with Crippen LogP contribution in [0.3, 0.4) is 0 Å². The molecule has 0 radical (unpaired) electrons. The third kappa shape index (κ3) is 2.06. The summed E-state index contributed by atoms with van der Waals surface area (Å²) >= 11 is 0. The van der Waals surface area contributed by atoms with Gasteiger partial charge in [-0.3, -0.25) is 4.90 Å². The second-order valence-electron chi connectivity index (χ2n) is 5.24. The number of aryl methyl sites for hydroxylation is 1. The van der Waals surface area contributed by atoms with Crippen molar-refractivity contribution in [1.82, 2.24) is 4.90 Å². The predicted molar refractivity (Wildman–Crippen MR) is 69.8 cm³/mol. The van der Waals surface area contributed by atoms with Gasteiger partial charge in [-0.1, -0.05) is 17.7 Å². The van der Waals surface area contributed by atoms with Gasteiger partial charge in [-0.2, -0.15) is 0 Å². The monoisotopic (exact) mass is 297 g/mol. The number of ether oxygens (including phenoxy) is 1. The fourth-order valence-electron chi connectivity index (χ4n) is 2.80.